The van der Waals surface area contributed by atoms with E-state index in [0.717, 1.165) is 0 Å². The molecule has 0 unspecified atom stereocenters. The molecule has 4 heavy (non-hydrogen) atoms. The quantitative estimate of drug-likeness (QED) is 0.289. The standard InChI is InChI=1S/C2H7N.Li.H/c1-3-2;;/h3H,1-2H3;;/q;+1;-1. The first-order chi connectivity index (χ1) is 1.41. The molecule has 0 aromatic carbocycles. The van der Waals surface area contributed by atoms with Crippen LogP contribution >= 0.6 is 0 Å². The summed E-state index contributed by atoms with van der Waals surface area (Å²) in [5.41, 5.74) is 0. The zero-order chi connectivity index (χ0) is 2.71. The summed E-state index contributed by atoms with van der Waals surface area (Å²) in [7, 11) is 3.75. The van der Waals surface area contributed by atoms with Gasteiger partial charge in [0.15, 0.2) is 0 Å². The molecular weight excluding hydrogens is 45.0 g/mol. The normalized spacial score (nSPS) is 4.50. The molecule has 0 spiro atoms. The first-order valence-electron chi connectivity index (χ1n) is 1.00. The molecule has 0 fully saturated rings. The molecular formula is C2H8LiN. The van der Waals surface area contributed by atoms with Crippen molar-refractivity contribution >= 4 is 0 Å². The van der Waals surface area contributed by atoms with E-state index in [2.05, 4.69) is 5.32 Å². The zero-order valence-electron chi connectivity index (χ0n) is 4.50. The van der Waals surface area contributed by atoms with Gasteiger partial charge in [-0.25, -0.2) is 0 Å². The molecule has 0 radical (unpaired) electrons. The van der Waals surface area contributed by atoms with Crippen molar-refractivity contribution in [1.29, 1.82) is 0 Å². The molecule has 0 aromatic heterocycles. The second-order valence-electron chi connectivity index (χ2n) is 0.500. The van der Waals surface area contributed by atoms with Gasteiger partial charge in [-0.3, -0.25) is 0 Å². The van der Waals surface area contributed by atoms with Gasteiger partial charge in [-0.15, -0.1) is 0 Å². The summed E-state index contributed by atoms with van der Waals surface area (Å²) < 4.78 is 0. The van der Waals surface area contributed by atoms with Crippen LogP contribution in [0.2, 0.25) is 0 Å². The summed E-state index contributed by atoms with van der Waals surface area (Å²) in [6.07, 6.45) is 0. The Balaban J connectivity index is -0.0000000200. The molecule has 0 aliphatic heterocycles. The summed E-state index contributed by atoms with van der Waals surface area (Å²) >= 11 is 0. The monoisotopic (exact) mass is 53.1 g/mol. The zero-order valence-corrected chi connectivity index (χ0v) is 3.50. The average Bonchev–Trinajstić information content (AvgIpc) is 0.918. The fourth-order valence-electron chi connectivity index (χ4n) is 0. The van der Waals surface area contributed by atoms with Crippen LogP contribution in [0.1, 0.15) is 1.43 Å². The van der Waals surface area contributed by atoms with Crippen molar-refractivity contribution in [2.75, 3.05) is 14.1 Å². The van der Waals surface area contributed by atoms with E-state index in [1.807, 2.05) is 14.1 Å². The minimum atomic E-state index is 0. The Morgan fingerprint density at radius 3 is 1.50 bits per heavy atom. The Labute approximate surface area is 40.4 Å². The number of hydrogen-bond acceptors (Lipinski definition) is 1. The van der Waals surface area contributed by atoms with Crippen molar-refractivity contribution < 1.29 is 20.3 Å². The molecule has 0 amide bonds. The van der Waals surface area contributed by atoms with Crippen LogP contribution in [-0.4, -0.2) is 14.1 Å². The minimum Gasteiger partial charge on any atom is -1.00 e. The van der Waals surface area contributed by atoms with E-state index in [1.54, 1.807) is 0 Å². The molecule has 1 nitrogen and oxygen atoms in total. The van der Waals surface area contributed by atoms with Gasteiger partial charge in [0.25, 0.3) is 0 Å². The third-order valence-corrected chi connectivity index (χ3v) is 0. The molecule has 0 heterocycles. The maximum absolute atomic E-state index is 2.75. The van der Waals surface area contributed by atoms with E-state index in [0.29, 0.717) is 0 Å². The number of hydrogen-bond donors (Lipinski definition) is 1. The van der Waals surface area contributed by atoms with Gasteiger partial charge in [0.1, 0.15) is 0 Å². The second kappa shape index (κ2) is 9.59. The third-order valence-electron chi connectivity index (χ3n) is 0. The van der Waals surface area contributed by atoms with Gasteiger partial charge < -0.3 is 6.74 Å². The molecule has 0 atom stereocenters. The predicted octanol–water partition coefficient (Wildman–Crippen LogP) is -3.05. The van der Waals surface area contributed by atoms with Gasteiger partial charge in [0.2, 0.25) is 0 Å². The molecule has 0 aliphatic carbocycles. The van der Waals surface area contributed by atoms with Gasteiger partial charge in [0.05, 0.1) is 0 Å². The molecule has 0 rings (SSSR count). The van der Waals surface area contributed by atoms with Crippen LogP contribution in [0, 0.1) is 0 Å². The summed E-state index contributed by atoms with van der Waals surface area (Å²) in [6.45, 7) is 0. The summed E-state index contributed by atoms with van der Waals surface area (Å²) in [5.74, 6) is 0. The Hall–Kier alpha value is 0.557. The van der Waals surface area contributed by atoms with Crippen LogP contribution < -0.4 is 24.2 Å². The average molecular weight is 53.0 g/mol. The maximum atomic E-state index is 2.75. The molecule has 0 aromatic rings. The molecule has 22 valence electrons. The fraction of sp³-hybridized carbons (Fsp3) is 1.00. The van der Waals surface area contributed by atoms with Gasteiger partial charge >= 0.3 is 18.9 Å². The Kier molecular flexibility index (Phi) is 21.1. The third kappa shape index (κ3) is 20.0. The van der Waals surface area contributed by atoms with E-state index in [1.165, 1.54) is 0 Å². The van der Waals surface area contributed by atoms with E-state index in [9.17, 15) is 0 Å². The van der Waals surface area contributed by atoms with Crippen molar-refractivity contribution in [2.24, 2.45) is 0 Å². The van der Waals surface area contributed by atoms with Crippen molar-refractivity contribution in [3.05, 3.63) is 0 Å². The van der Waals surface area contributed by atoms with Crippen molar-refractivity contribution in [2.45, 2.75) is 0 Å². The predicted molar refractivity (Wildman–Crippen MR) is 16.1 cm³/mol. The van der Waals surface area contributed by atoms with Crippen molar-refractivity contribution in [3.8, 4) is 0 Å². The smallest absolute Gasteiger partial charge is 1.00 e. The molecule has 0 saturated carbocycles. The summed E-state index contributed by atoms with van der Waals surface area (Å²) in [5, 5.41) is 2.75. The van der Waals surface area contributed by atoms with Gasteiger partial charge in [-0.1, -0.05) is 0 Å². The van der Waals surface area contributed by atoms with Gasteiger partial charge in [-0.2, -0.15) is 0 Å². The van der Waals surface area contributed by atoms with Crippen LogP contribution in [0.5, 0.6) is 0 Å². The van der Waals surface area contributed by atoms with E-state index < -0.39 is 0 Å². The van der Waals surface area contributed by atoms with Crippen LogP contribution in [-0.2, 0) is 0 Å². The topological polar surface area (TPSA) is 12.0 Å². The Morgan fingerprint density at radius 1 is 1.50 bits per heavy atom. The van der Waals surface area contributed by atoms with Crippen LogP contribution in [0.4, 0.5) is 0 Å². The largest absolute Gasteiger partial charge is 1.00 e. The Morgan fingerprint density at radius 2 is 1.50 bits per heavy atom. The summed E-state index contributed by atoms with van der Waals surface area (Å²) in [4.78, 5) is 0. The molecule has 0 aliphatic rings. The van der Waals surface area contributed by atoms with E-state index in [4.69, 9.17) is 0 Å². The Bertz CT molecular complexity index is 9.61. The van der Waals surface area contributed by atoms with Gasteiger partial charge in [0, 0.05) is 0 Å². The maximum Gasteiger partial charge on any atom is 1.00 e. The molecule has 1 N–H and O–H groups in total. The van der Waals surface area contributed by atoms with Crippen molar-refractivity contribution in [1.82, 2.24) is 5.32 Å². The fourth-order valence-corrected chi connectivity index (χ4v) is 0. The summed E-state index contributed by atoms with van der Waals surface area (Å²) in [6, 6.07) is 0. The number of rotatable bonds is 0. The second-order valence-corrected chi connectivity index (χ2v) is 0.500. The van der Waals surface area contributed by atoms with E-state index in [-0.39, 0.29) is 20.3 Å². The van der Waals surface area contributed by atoms with Gasteiger partial charge in [-0.05, 0) is 14.1 Å². The van der Waals surface area contributed by atoms with Crippen LogP contribution in [0.15, 0.2) is 0 Å². The van der Waals surface area contributed by atoms with Crippen molar-refractivity contribution in [3.63, 3.8) is 0 Å². The minimum absolute atomic E-state index is 0. The van der Waals surface area contributed by atoms with E-state index >= 15 is 0 Å². The first kappa shape index (κ1) is 8.82. The number of nitrogens with one attached hydrogen (secondary N) is 1. The van der Waals surface area contributed by atoms with Crippen LogP contribution in [0.25, 0.3) is 0 Å². The first-order valence-corrected chi connectivity index (χ1v) is 1.00. The van der Waals surface area contributed by atoms with Crippen LogP contribution in [0.3, 0.4) is 0 Å². The molecule has 2 heteroatoms. The molecule has 0 saturated heterocycles. The molecule has 0 bridgehead atoms. The SMILES string of the molecule is CNC.[H-].[Li+].